The highest BCUT2D eigenvalue weighted by Gasteiger charge is 2.44. The second kappa shape index (κ2) is 8.11. The summed E-state index contributed by atoms with van der Waals surface area (Å²) in [6, 6.07) is 0.788. The number of hydrogen-bond donors (Lipinski definition) is 2. The van der Waals surface area contributed by atoms with Crippen molar-refractivity contribution < 1.29 is 14.6 Å². The second-order valence-electron chi connectivity index (χ2n) is 6.57. The van der Waals surface area contributed by atoms with Gasteiger partial charge in [0.25, 0.3) is 0 Å². The zero-order valence-corrected chi connectivity index (χ0v) is 14.2. The first-order valence-corrected chi connectivity index (χ1v) is 8.12. The lowest BCUT2D eigenvalue weighted by atomic mass is 9.77. The molecule has 0 aliphatic heterocycles. The van der Waals surface area contributed by atoms with Gasteiger partial charge in [0.15, 0.2) is 0 Å². The highest BCUT2D eigenvalue weighted by molar-refractivity contribution is 5.79. The lowest BCUT2D eigenvalue weighted by Gasteiger charge is -2.45. The van der Waals surface area contributed by atoms with Crippen LogP contribution in [0.25, 0.3) is 0 Å². The Hall–Kier alpha value is -0.650. The molecular weight excluding hydrogens is 268 g/mol. The van der Waals surface area contributed by atoms with E-state index in [1.54, 1.807) is 7.11 Å². The maximum Gasteiger partial charge on any atom is 0.323 e. The average molecular weight is 300 g/mol. The van der Waals surface area contributed by atoms with Gasteiger partial charge in [-0.05, 0) is 53.0 Å². The molecule has 1 rings (SSSR count). The zero-order chi connectivity index (χ0) is 16.0. The van der Waals surface area contributed by atoms with E-state index in [2.05, 4.69) is 24.1 Å². The van der Waals surface area contributed by atoms with Crippen molar-refractivity contribution in [3.05, 3.63) is 0 Å². The summed E-state index contributed by atoms with van der Waals surface area (Å²) in [6.45, 7) is 9.92. The van der Waals surface area contributed by atoms with Crippen LogP contribution in [0, 0.1) is 0 Å². The lowest BCUT2D eigenvalue weighted by Crippen LogP contribution is -2.61. The second-order valence-corrected chi connectivity index (χ2v) is 6.57. The third-order valence-corrected chi connectivity index (χ3v) is 4.51. The number of ether oxygens (including phenoxy) is 1. The van der Waals surface area contributed by atoms with Crippen molar-refractivity contribution in [2.24, 2.45) is 0 Å². The summed E-state index contributed by atoms with van der Waals surface area (Å²) in [6.07, 6.45) is 3.40. The molecule has 0 spiro atoms. The standard InChI is InChI=1S/C16H32N2O3/c1-6-18(13(4)11-21-5)14-8-7-9-16(10-14,15(19)20)17-12(2)3/h12-14,17H,6-11H2,1-5H3,(H,19,20). The smallest absolute Gasteiger partial charge is 0.323 e. The summed E-state index contributed by atoms with van der Waals surface area (Å²) >= 11 is 0. The maximum absolute atomic E-state index is 11.9. The topological polar surface area (TPSA) is 61.8 Å². The van der Waals surface area contributed by atoms with Crippen molar-refractivity contribution in [2.75, 3.05) is 20.3 Å². The Labute approximate surface area is 129 Å². The molecule has 0 heterocycles. The fourth-order valence-corrected chi connectivity index (χ4v) is 3.74. The molecule has 5 heteroatoms. The normalized spacial score (nSPS) is 28.0. The fraction of sp³-hybridized carbons (Fsp3) is 0.938. The van der Waals surface area contributed by atoms with Crippen LogP contribution in [0.3, 0.4) is 0 Å². The van der Waals surface area contributed by atoms with Crippen LogP contribution in [0.15, 0.2) is 0 Å². The van der Waals surface area contributed by atoms with Gasteiger partial charge in [-0.15, -0.1) is 0 Å². The SMILES string of the molecule is CCN(C(C)COC)C1CCCC(NC(C)C)(C(=O)O)C1. The van der Waals surface area contributed by atoms with Crippen LogP contribution in [0.1, 0.15) is 53.4 Å². The molecule has 0 bridgehead atoms. The van der Waals surface area contributed by atoms with Gasteiger partial charge in [-0.2, -0.15) is 0 Å². The summed E-state index contributed by atoms with van der Waals surface area (Å²) in [5, 5.41) is 13.1. The highest BCUT2D eigenvalue weighted by atomic mass is 16.5. The summed E-state index contributed by atoms with van der Waals surface area (Å²) in [5.41, 5.74) is -0.780. The van der Waals surface area contributed by atoms with Gasteiger partial charge in [0.2, 0.25) is 0 Å². The first-order valence-electron chi connectivity index (χ1n) is 8.12. The molecule has 0 aromatic carbocycles. The van der Waals surface area contributed by atoms with Crippen molar-refractivity contribution in [3.8, 4) is 0 Å². The lowest BCUT2D eigenvalue weighted by molar-refractivity contribution is -0.148. The molecule has 0 saturated heterocycles. The number of nitrogens with zero attached hydrogens (tertiary/aromatic N) is 1. The van der Waals surface area contributed by atoms with E-state index in [4.69, 9.17) is 4.74 Å². The quantitative estimate of drug-likeness (QED) is 0.719. The van der Waals surface area contributed by atoms with E-state index in [9.17, 15) is 9.90 Å². The predicted molar refractivity (Wildman–Crippen MR) is 84.6 cm³/mol. The molecule has 124 valence electrons. The molecule has 3 atom stereocenters. The molecule has 1 aliphatic carbocycles. The Morgan fingerprint density at radius 3 is 2.62 bits per heavy atom. The van der Waals surface area contributed by atoms with Gasteiger partial charge >= 0.3 is 5.97 Å². The van der Waals surface area contributed by atoms with E-state index in [0.717, 1.165) is 19.4 Å². The third kappa shape index (κ3) is 4.66. The minimum Gasteiger partial charge on any atom is -0.480 e. The number of likely N-dealkylation sites (N-methyl/N-ethyl adjacent to an activating group) is 1. The van der Waals surface area contributed by atoms with E-state index in [1.807, 2.05) is 13.8 Å². The van der Waals surface area contributed by atoms with E-state index >= 15 is 0 Å². The minimum atomic E-state index is -0.780. The van der Waals surface area contributed by atoms with Crippen LogP contribution in [-0.2, 0) is 9.53 Å². The predicted octanol–water partition coefficient (Wildman–Crippen LogP) is 2.11. The van der Waals surface area contributed by atoms with Crippen molar-refractivity contribution in [1.82, 2.24) is 10.2 Å². The Balaban J connectivity index is 2.87. The van der Waals surface area contributed by atoms with Gasteiger partial charge in [0.05, 0.1) is 6.61 Å². The van der Waals surface area contributed by atoms with Gasteiger partial charge in [-0.3, -0.25) is 15.0 Å². The Kier molecular flexibility index (Phi) is 7.10. The number of hydrogen-bond acceptors (Lipinski definition) is 4. The number of carbonyl (C=O) groups is 1. The highest BCUT2D eigenvalue weighted by Crippen LogP contribution is 2.33. The monoisotopic (exact) mass is 300 g/mol. The van der Waals surface area contributed by atoms with Gasteiger partial charge in [0.1, 0.15) is 5.54 Å². The average Bonchev–Trinajstić information content (AvgIpc) is 2.39. The van der Waals surface area contributed by atoms with Crippen molar-refractivity contribution in [3.63, 3.8) is 0 Å². The summed E-state index contributed by atoms with van der Waals surface area (Å²) < 4.78 is 5.27. The van der Waals surface area contributed by atoms with Crippen molar-refractivity contribution >= 4 is 5.97 Å². The molecule has 1 saturated carbocycles. The van der Waals surface area contributed by atoms with Crippen molar-refractivity contribution in [2.45, 2.75) is 77.0 Å². The van der Waals surface area contributed by atoms with Gasteiger partial charge in [-0.1, -0.05) is 6.92 Å². The molecule has 1 aliphatic rings. The molecule has 3 unspecified atom stereocenters. The first-order chi connectivity index (χ1) is 9.86. The molecule has 21 heavy (non-hydrogen) atoms. The molecule has 0 radical (unpaired) electrons. The third-order valence-electron chi connectivity index (χ3n) is 4.51. The molecule has 2 N–H and O–H groups in total. The first kappa shape index (κ1) is 18.4. The maximum atomic E-state index is 11.9. The Morgan fingerprint density at radius 1 is 1.48 bits per heavy atom. The molecule has 5 nitrogen and oxygen atoms in total. The van der Waals surface area contributed by atoms with E-state index < -0.39 is 11.5 Å². The van der Waals surface area contributed by atoms with E-state index in [-0.39, 0.29) is 6.04 Å². The molecule has 0 amide bonds. The van der Waals surface area contributed by atoms with Crippen LogP contribution < -0.4 is 5.32 Å². The summed E-state index contributed by atoms with van der Waals surface area (Å²) in [5.74, 6) is -0.712. The number of nitrogens with one attached hydrogen (secondary N) is 1. The molecule has 1 fully saturated rings. The number of aliphatic carboxylic acids is 1. The van der Waals surface area contributed by atoms with Crippen molar-refractivity contribution in [1.29, 1.82) is 0 Å². The molecule has 0 aromatic heterocycles. The number of carboxylic acid groups (broad SMARTS) is 1. The summed E-state index contributed by atoms with van der Waals surface area (Å²) in [7, 11) is 1.72. The van der Waals surface area contributed by atoms with Gasteiger partial charge in [-0.25, -0.2) is 0 Å². The number of rotatable bonds is 8. The van der Waals surface area contributed by atoms with Gasteiger partial charge in [0, 0.05) is 25.2 Å². The summed E-state index contributed by atoms with van der Waals surface area (Å²) in [4.78, 5) is 14.2. The van der Waals surface area contributed by atoms with Crippen LogP contribution in [0.5, 0.6) is 0 Å². The number of carboxylic acids is 1. The van der Waals surface area contributed by atoms with Gasteiger partial charge < -0.3 is 9.84 Å². The van der Waals surface area contributed by atoms with E-state index in [0.29, 0.717) is 31.5 Å². The van der Waals surface area contributed by atoms with Crippen LogP contribution >= 0.6 is 0 Å². The zero-order valence-electron chi connectivity index (χ0n) is 14.2. The van der Waals surface area contributed by atoms with Crippen LogP contribution in [0.2, 0.25) is 0 Å². The van der Waals surface area contributed by atoms with Crippen LogP contribution in [-0.4, -0.2) is 59.9 Å². The molecular formula is C16H32N2O3. The van der Waals surface area contributed by atoms with Crippen LogP contribution in [0.4, 0.5) is 0 Å². The fourth-order valence-electron chi connectivity index (χ4n) is 3.74. The molecule has 0 aromatic rings. The largest absolute Gasteiger partial charge is 0.480 e. The van der Waals surface area contributed by atoms with E-state index in [1.165, 1.54) is 0 Å². The Bertz CT molecular complexity index is 335. The minimum absolute atomic E-state index is 0.173. The Morgan fingerprint density at radius 2 is 2.14 bits per heavy atom. The number of methoxy groups -OCH3 is 1.